The lowest BCUT2D eigenvalue weighted by Crippen LogP contribution is -2.53. The van der Waals surface area contributed by atoms with E-state index in [-0.39, 0.29) is 6.10 Å². The molecule has 0 aromatic carbocycles. The molecule has 0 aliphatic heterocycles. The molecule has 102 valence electrons. The van der Waals surface area contributed by atoms with E-state index in [1.54, 1.807) is 0 Å². The number of hydrogen-bond acceptors (Lipinski definition) is 1. The van der Waals surface area contributed by atoms with Gasteiger partial charge < -0.3 is 5.11 Å². The quantitative estimate of drug-likeness (QED) is 0.778. The van der Waals surface area contributed by atoms with Crippen molar-refractivity contribution in [3.8, 4) is 0 Å². The average molecular weight is 248 g/mol. The van der Waals surface area contributed by atoms with Crippen LogP contribution in [0, 0.1) is 29.1 Å². The van der Waals surface area contributed by atoms with E-state index in [1.165, 1.54) is 70.6 Å². The molecule has 5 saturated carbocycles. The molecule has 0 saturated heterocycles. The monoisotopic (exact) mass is 248 g/mol. The van der Waals surface area contributed by atoms with Crippen molar-refractivity contribution in [3.63, 3.8) is 0 Å². The number of rotatable bonds is 2. The smallest absolute Gasteiger partial charge is 0.0624 e. The highest BCUT2D eigenvalue weighted by molar-refractivity contribution is 5.05. The van der Waals surface area contributed by atoms with Gasteiger partial charge in [-0.2, -0.15) is 0 Å². The maximum Gasteiger partial charge on any atom is 0.0624 e. The molecule has 0 heterocycles. The Hall–Kier alpha value is -0.0400. The Bertz CT molecular complexity index is 280. The van der Waals surface area contributed by atoms with Crippen molar-refractivity contribution in [2.24, 2.45) is 29.1 Å². The fourth-order valence-corrected chi connectivity index (χ4v) is 6.49. The second-order valence-corrected chi connectivity index (χ2v) is 8.12. The Balaban J connectivity index is 1.55. The van der Waals surface area contributed by atoms with E-state index in [0.29, 0.717) is 11.3 Å². The van der Waals surface area contributed by atoms with Crippen molar-refractivity contribution in [2.75, 3.05) is 0 Å². The highest BCUT2D eigenvalue weighted by atomic mass is 16.3. The first-order chi connectivity index (χ1) is 8.75. The largest absolute Gasteiger partial charge is 0.392 e. The molecule has 1 atom stereocenters. The molecule has 0 aromatic rings. The molecule has 1 heteroatoms. The Labute approximate surface area is 111 Å². The van der Waals surface area contributed by atoms with Crippen LogP contribution in [0.4, 0.5) is 0 Å². The third-order valence-corrected chi connectivity index (χ3v) is 6.81. The van der Waals surface area contributed by atoms with Crippen LogP contribution in [0.2, 0.25) is 0 Å². The van der Waals surface area contributed by atoms with Crippen LogP contribution in [-0.4, -0.2) is 11.2 Å². The third-order valence-electron chi connectivity index (χ3n) is 6.81. The van der Waals surface area contributed by atoms with Gasteiger partial charge >= 0.3 is 0 Å². The van der Waals surface area contributed by atoms with Gasteiger partial charge in [0.2, 0.25) is 0 Å². The molecular weight excluding hydrogens is 220 g/mol. The summed E-state index contributed by atoms with van der Waals surface area (Å²) in [6.07, 6.45) is 15.4. The Kier molecular flexibility index (Phi) is 2.76. The normalized spacial score (nSPS) is 49.5. The van der Waals surface area contributed by atoms with Gasteiger partial charge in [0.1, 0.15) is 0 Å². The Morgan fingerprint density at radius 2 is 1.28 bits per heavy atom. The molecule has 0 aromatic heterocycles. The molecule has 5 aliphatic carbocycles. The predicted molar refractivity (Wildman–Crippen MR) is 73.2 cm³/mol. The van der Waals surface area contributed by atoms with Gasteiger partial charge in [0.15, 0.2) is 0 Å². The third kappa shape index (κ3) is 1.77. The summed E-state index contributed by atoms with van der Waals surface area (Å²) in [6, 6.07) is 0. The molecule has 0 radical (unpaired) electrons. The van der Waals surface area contributed by atoms with Crippen LogP contribution in [0.15, 0.2) is 0 Å². The van der Waals surface area contributed by atoms with Gasteiger partial charge in [-0.05, 0) is 80.5 Å². The maximum atomic E-state index is 11.0. The highest BCUT2D eigenvalue weighted by Gasteiger charge is 2.55. The van der Waals surface area contributed by atoms with Crippen LogP contribution in [-0.2, 0) is 0 Å². The van der Waals surface area contributed by atoms with Crippen molar-refractivity contribution in [1.82, 2.24) is 0 Å². The molecular formula is C17H28O. The summed E-state index contributed by atoms with van der Waals surface area (Å²) in [7, 11) is 0. The van der Waals surface area contributed by atoms with E-state index in [9.17, 15) is 5.11 Å². The topological polar surface area (TPSA) is 20.2 Å². The minimum atomic E-state index is 0.0474. The maximum absolute atomic E-state index is 11.0. The molecule has 1 nitrogen and oxygen atoms in total. The zero-order chi connectivity index (χ0) is 12.2. The van der Waals surface area contributed by atoms with Gasteiger partial charge in [0.25, 0.3) is 0 Å². The molecule has 0 spiro atoms. The second-order valence-electron chi connectivity index (χ2n) is 8.12. The van der Waals surface area contributed by atoms with Crippen molar-refractivity contribution in [2.45, 2.75) is 76.7 Å². The van der Waals surface area contributed by atoms with Crippen LogP contribution < -0.4 is 0 Å². The van der Waals surface area contributed by atoms with Gasteiger partial charge in [0.05, 0.1) is 6.10 Å². The van der Waals surface area contributed by atoms with Crippen LogP contribution in [0.5, 0.6) is 0 Å². The first-order valence-corrected chi connectivity index (χ1v) is 8.43. The minimum absolute atomic E-state index is 0.0474. The molecule has 18 heavy (non-hydrogen) atoms. The van der Waals surface area contributed by atoms with Crippen molar-refractivity contribution in [3.05, 3.63) is 0 Å². The number of hydrogen-bond donors (Lipinski definition) is 1. The molecule has 5 fully saturated rings. The van der Waals surface area contributed by atoms with E-state index in [2.05, 4.69) is 0 Å². The molecule has 1 N–H and O–H groups in total. The molecule has 5 rings (SSSR count). The van der Waals surface area contributed by atoms with Crippen LogP contribution in [0.25, 0.3) is 0 Å². The van der Waals surface area contributed by atoms with Crippen LogP contribution >= 0.6 is 0 Å². The second kappa shape index (κ2) is 4.23. The SMILES string of the molecule is OC(C1CCCCC1)C12CC3CC(CC(C3)C1)C2. The van der Waals surface area contributed by atoms with Gasteiger partial charge in [0, 0.05) is 0 Å². The zero-order valence-corrected chi connectivity index (χ0v) is 11.6. The fourth-order valence-electron chi connectivity index (χ4n) is 6.49. The first-order valence-electron chi connectivity index (χ1n) is 8.43. The summed E-state index contributed by atoms with van der Waals surface area (Å²) in [5, 5.41) is 11.0. The lowest BCUT2D eigenvalue weighted by molar-refractivity contribution is -0.141. The minimum Gasteiger partial charge on any atom is -0.392 e. The van der Waals surface area contributed by atoms with Crippen molar-refractivity contribution < 1.29 is 5.11 Å². The number of aliphatic hydroxyl groups excluding tert-OH is 1. The van der Waals surface area contributed by atoms with Crippen molar-refractivity contribution in [1.29, 1.82) is 0 Å². The van der Waals surface area contributed by atoms with Gasteiger partial charge in [-0.15, -0.1) is 0 Å². The average Bonchev–Trinajstić information content (AvgIpc) is 2.37. The van der Waals surface area contributed by atoms with Crippen LogP contribution in [0.1, 0.15) is 70.6 Å². The van der Waals surface area contributed by atoms with E-state index >= 15 is 0 Å². The Morgan fingerprint density at radius 1 is 0.778 bits per heavy atom. The summed E-state index contributed by atoms with van der Waals surface area (Å²) in [5.41, 5.74) is 0.372. The van der Waals surface area contributed by atoms with Gasteiger partial charge in [-0.1, -0.05) is 19.3 Å². The highest BCUT2D eigenvalue weighted by Crippen LogP contribution is 2.62. The van der Waals surface area contributed by atoms with Crippen molar-refractivity contribution >= 4 is 0 Å². The van der Waals surface area contributed by atoms with Gasteiger partial charge in [-0.25, -0.2) is 0 Å². The fraction of sp³-hybridized carbons (Fsp3) is 1.00. The van der Waals surface area contributed by atoms with E-state index in [1.807, 2.05) is 0 Å². The van der Waals surface area contributed by atoms with Crippen LogP contribution in [0.3, 0.4) is 0 Å². The molecule has 1 unspecified atom stereocenters. The Morgan fingerprint density at radius 3 is 1.78 bits per heavy atom. The van der Waals surface area contributed by atoms with E-state index < -0.39 is 0 Å². The standard InChI is InChI=1S/C17H28O/c18-16(15-4-2-1-3-5-15)17-9-12-6-13(10-17)8-14(7-12)11-17/h12-16,18H,1-11H2. The predicted octanol–water partition coefficient (Wildman–Crippen LogP) is 4.14. The molecule has 5 aliphatic rings. The summed E-state index contributed by atoms with van der Waals surface area (Å²) in [6.45, 7) is 0. The lowest BCUT2D eigenvalue weighted by atomic mass is 9.47. The molecule has 0 amide bonds. The summed E-state index contributed by atoms with van der Waals surface area (Å²) < 4.78 is 0. The van der Waals surface area contributed by atoms with E-state index in [0.717, 1.165) is 17.8 Å². The summed E-state index contributed by atoms with van der Waals surface area (Å²) in [4.78, 5) is 0. The molecule has 4 bridgehead atoms. The summed E-state index contributed by atoms with van der Waals surface area (Å²) >= 11 is 0. The zero-order valence-electron chi connectivity index (χ0n) is 11.6. The summed E-state index contributed by atoms with van der Waals surface area (Å²) in [5.74, 6) is 3.59. The van der Waals surface area contributed by atoms with E-state index in [4.69, 9.17) is 0 Å². The first kappa shape index (κ1) is 11.8. The number of aliphatic hydroxyl groups is 1. The van der Waals surface area contributed by atoms with Gasteiger partial charge in [-0.3, -0.25) is 0 Å². The lowest BCUT2D eigenvalue weighted by Gasteiger charge is -2.59.